The zero-order valence-corrected chi connectivity index (χ0v) is 9.01. The number of rotatable bonds is 2. The topological polar surface area (TPSA) is 87.9 Å². The highest BCUT2D eigenvalue weighted by Crippen LogP contribution is 2.18. The molecule has 0 aliphatic rings. The van der Waals surface area contributed by atoms with Crippen molar-refractivity contribution in [3.63, 3.8) is 0 Å². The van der Waals surface area contributed by atoms with Crippen molar-refractivity contribution >= 4 is 17.5 Å². The summed E-state index contributed by atoms with van der Waals surface area (Å²) in [7, 11) is 1.44. The van der Waals surface area contributed by atoms with Gasteiger partial charge in [-0.3, -0.25) is 9.89 Å². The highest BCUT2D eigenvalue weighted by atomic mass is 19.1. The average molecular weight is 235 g/mol. The molecule has 1 amide bonds. The molecule has 0 unspecified atom stereocenters. The smallest absolute Gasteiger partial charge is 0.295 e. The van der Waals surface area contributed by atoms with Crippen LogP contribution in [0.3, 0.4) is 0 Å². The number of halogens is 1. The summed E-state index contributed by atoms with van der Waals surface area (Å²) in [5, 5.41) is 5.91. The Morgan fingerprint density at radius 1 is 1.47 bits per heavy atom. The lowest BCUT2D eigenvalue weighted by molar-refractivity contribution is 0.0982. The number of carbonyl (C=O) groups is 1. The Kier molecular flexibility index (Phi) is 2.73. The molecule has 0 bridgehead atoms. The fraction of sp³-hybridized carbons (Fsp3) is 0.100. The number of nitrogen functional groups attached to an aromatic ring is 1. The predicted molar refractivity (Wildman–Crippen MR) is 59.9 cm³/mol. The quantitative estimate of drug-likeness (QED) is 0.806. The van der Waals surface area contributed by atoms with E-state index in [-0.39, 0.29) is 17.5 Å². The Bertz CT molecular complexity index is 553. The first kappa shape index (κ1) is 11.1. The van der Waals surface area contributed by atoms with Crippen LogP contribution in [0.25, 0.3) is 0 Å². The van der Waals surface area contributed by atoms with E-state index < -0.39 is 11.7 Å². The van der Waals surface area contributed by atoms with Crippen molar-refractivity contribution in [2.24, 2.45) is 0 Å². The van der Waals surface area contributed by atoms with Crippen LogP contribution in [0.4, 0.5) is 16.0 Å². The minimum atomic E-state index is -0.515. The van der Waals surface area contributed by atoms with E-state index in [0.29, 0.717) is 0 Å². The number of carbonyl (C=O) groups excluding carboxylic acids is 1. The Balaban J connectivity index is 2.29. The summed E-state index contributed by atoms with van der Waals surface area (Å²) in [6.07, 6.45) is 0. The predicted octanol–water partition coefficient (Wildman–Crippen LogP) is 0.803. The van der Waals surface area contributed by atoms with Crippen LogP contribution in [0, 0.1) is 5.82 Å². The first-order valence-electron chi connectivity index (χ1n) is 4.80. The van der Waals surface area contributed by atoms with Gasteiger partial charge >= 0.3 is 0 Å². The standard InChI is InChI=1S/C10H10FN5O/c1-16(7-5-3-2-4-6(7)11)9(17)8-13-10(12)15-14-8/h2-5H,1H3,(H3,12,13,14,15). The van der Waals surface area contributed by atoms with E-state index in [4.69, 9.17) is 5.73 Å². The lowest BCUT2D eigenvalue weighted by Crippen LogP contribution is -2.28. The van der Waals surface area contributed by atoms with E-state index in [2.05, 4.69) is 15.2 Å². The highest BCUT2D eigenvalue weighted by Gasteiger charge is 2.19. The highest BCUT2D eigenvalue weighted by molar-refractivity contribution is 6.03. The van der Waals surface area contributed by atoms with Crippen LogP contribution in [0.15, 0.2) is 24.3 Å². The maximum Gasteiger partial charge on any atom is 0.295 e. The maximum absolute atomic E-state index is 13.5. The molecule has 6 nitrogen and oxygen atoms in total. The molecular weight excluding hydrogens is 225 g/mol. The van der Waals surface area contributed by atoms with Crippen molar-refractivity contribution < 1.29 is 9.18 Å². The molecule has 1 aromatic heterocycles. The minimum absolute atomic E-state index is 0.0321. The Morgan fingerprint density at radius 3 is 2.76 bits per heavy atom. The number of nitrogens with two attached hydrogens (primary N) is 1. The second kappa shape index (κ2) is 4.20. The van der Waals surface area contributed by atoms with Gasteiger partial charge in [0.05, 0.1) is 5.69 Å². The molecule has 2 rings (SSSR count). The van der Waals surface area contributed by atoms with E-state index in [1.165, 1.54) is 19.2 Å². The van der Waals surface area contributed by atoms with E-state index in [1.54, 1.807) is 12.1 Å². The molecule has 17 heavy (non-hydrogen) atoms. The van der Waals surface area contributed by atoms with Gasteiger partial charge in [0.1, 0.15) is 5.82 Å². The zero-order valence-electron chi connectivity index (χ0n) is 9.01. The molecule has 7 heteroatoms. The Hall–Kier alpha value is -2.44. The fourth-order valence-corrected chi connectivity index (χ4v) is 1.36. The first-order valence-corrected chi connectivity index (χ1v) is 4.80. The van der Waals surface area contributed by atoms with Gasteiger partial charge in [-0.05, 0) is 12.1 Å². The Morgan fingerprint density at radius 2 is 2.18 bits per heavy atom. The second-order valence-corrected chi connectivity index (χ2v) is 3.36. The van der Waals surface area contributed by atoms with Crippen LogP contribution in [0.5, 0.6) is 0 Å². The van der Waals surface area contributed by atoms with Gasteiger partial charge in [0.15, 0.2) is 0 Å². The van der Waals surface area contributed by atoms with Crippen LogP contribution in [0.2, 0.25) is 0 Å². The number of hydrogen-bond donors (Lipinski definition) is 2. The number of aromatic amines is 1. The molecule has 0 aliphatic carbocycles. The molecule has 1 aromatic carbocycles. The largest absolute Gasteiger partial charge is 0.366 e. The number of amides is 1. The van der Waals surface area contributed by atoms with Gasteiger partial charge in [0.2, 0.25) is 11.8 Å². The summed E-state index contributed by atoms with van der Waals surface area (Å²) in [5.41, 5.74) is 5.45. The van der Waals surface area contributed by atoms with E-state index in [0.717, 1.165) is 4.90 Å². The van der Waals surface area contributed by atoms with E-state index in [1.807, 2.05) is 0 Å². The number of H-pyrrole nitrogens is 1. The lowest BCUT2D eigenvalue weighted by atomic mass is 10.3. The van der Waals surface area contributed by atoms with Crippen molar-refractivity contribution in [2.75, 3.05) is 17.7 Å². The first-order chi connectivity index (χ1) is 8.09. The van der Waals surface area contributed by atoms with Gasteiger partial charge in [-0.15, -0.1) is 5.10 Å². The molecular formula is C10H10FN5O. The van der Waals surface area contributed by atoms with Crippen LogP contribution < -0.4 is 10.6 Å². The normalized spacial score (nSPS) is 10.2. The molecule has 3 N–H and O–H groups in total. The number of nitrogens with one attached hydrogen (secondary N) is 1. The molecule has 0 saturated heterocycles. The van der Waals surface area contributed by atoms with Crippen molar-refractivity contribution in [1.82, 2.24) is 15.2 Å². The SMILES string of the molecule is CN(C(=O)c1nc(N)n[nH]1)c1ccccc1F. The second-order valence-electron chi connectivity index (χ2n) is 3.36. The third-order valence-corrected chi connectivity index (χ3v) is 2.22. The summed E-state index contributed by atoms with van der Waals surface area (Å²) >= 11 is 0. The Labute approximate surface area is 96.3 Å². The molecule has 0 aliphatic heterocycles. The number of para-hydroxylation sites is 1. The van der Waals surface area contributed by atoms with Crippen molar-refractivity contribution in [2.45, 2.75) is 0 Å². The van der Waals surface area contributed by atoms with Crippen molar-refractivity contribution in [3.05, 3.63) is 35.9 Å². The molecule has 0 radical (unpaired) electrons. The van der Waals surface area contributed by atoms with Crippen molar-refractivity contribution in [1.29, 1.82) is 0 Å². The number of anilines is 2. The third-order valence-electron chi connectivity index (χ3n) is 2.22. The van der Waals surface area contributed by atoms with E-state index in [9.17, 15) is 9.18 Å². The molecule has 2 aromatic rings. The zero-order chi connectivity index (χ0) is 12.4. The molecule has 0 atom stereocenters. The number of aromatic nitrogens is 3. The monoisotopic (exact) mass is 235 g/mol. The molecule has 1 heterocycles. The van der Waals surface area contributed by atoms with Gasteiger partial charge in [-0.1, -0.05) is 12.1 Å². The summed E-state index contributed by atoms with van der Waals surface area (Å²) in [5.74, 6) is -1.07. The summed E-state index contributed by atoms with van der Waals surface area (Å²) in [4.78, 5) is 16.7. The van der Waals surface area contributed by atoms with Crippen LogP contribution >= 0.6 is 0 Å². The molecule has 0 fully saturated rings. The van der Waals surface area contributed by atoms with Crippen LogP contribution in [0.1, 0.15) is 10.6 Å². The van der Waals surface area contributed by atoms with Gasteiger partial charge in [-0.25, -0.2) is 4.39 Å². The van der Waals surface area contributed by atoms with Crippen LogP contribution in [-0.4, -0.2) is 28.1 Å². The average Bonchev–Trinajstić information content (AvgIpc) is 2.75. The maximum atomic E-state index is 13.5. The molecule has 88 valence electrons. The fourth-order valence-electron chi connectivity index (χ4n) is 1.36. The van der Waals surface area contributed by atoms with Gasteiger partial charge in [0, 0.05) is 7.05 Å². The number of nitrogens with zero attached hydrogens (tertiary/aromatic N) is 3. The summed E-state index contributed by atoms with van der Waals surface area (Å²) in [6, 6.07) is 5.95. The molecule has 0 saturated carbocycles. The van der Waals surface area contributed by atoms with Gasteiger partial charge < -0.3 is 10.6 Å². The van der Waals surface area contributed by atoms with Gasteiger partial charge in [0.25, 0.3) is 5.91 Å². The summed E-state index contributed by atoms with van der Waals surface area (Å²) in [6.45, 7) is 0. The molecule has 0 spiro atoms. The number of benzene rings is 1. The minimum Gasteiger partial charge on any atom is -0.366 e. The van der Waals surface area contributed by atoms with Crippen LogP contribution in [-0.2, 0) is 0 Å². The third kappa shape index (κ3) is 2.07. The number of hydrogen-bond acceptors (Lipinski definition) is 4. The summed E-state index contributed by atoms with van der Waals surface area (Å²) < 4.78 is 13.5. The van der Waals surface area contributed by atoms with Crippen molar-refractivity contribution in [3.8, 4) is 0 Å². The van der Waals surface area contributed by atoms with E-state index >= 15 is 0 Å². The van der Waals surface area contributed by atoms with Gasteiger partial charge in [-0.2, -0.15) is 4.98 Å². The lowest BCUT2D eigenvalue weighted by Gasteiger charge is -2.15.